The zero-order valence-electron chi connectivity index (χ0n) is 12.1. The average Bonchev–Trinajstić information content (AvgIpc) is 3.21. The number of hydrogen-bond donors (Lipinski definition) is 0. The molecule has 0 unspecified atom stereocenters. The molecule has 3 aromatic rings. The second-order valence-corrected chi connectivity index (χ2v) is 4.60. The van der Waals surface area contributed by atoms with Crippen LogP contribution in [-0.2, 0) is 0 Å². The molecule has 0 aliphatic carbocycles. The fourth-order valence-electron chi connectivity index (χ4n) is 2.13. The van der Waals surface area contributed by atoms with E-state index < -0.39 is 0 Å². The van der Waals surface area contributed by atoms with E-state index in [0.717, 1.165) is 12.1 Å². The maximum Gasteiger partial charge on any atom is 0.194 e. The number of rotatable bonds is 5. The molecule has 0 N–H and O–H groups in total. The second kappa shape index (κ2) is 6.14. The van der Waals surface area contributed by atoms with Crippen LogP contribution in [0.5, 0.6) is 5.75 Å². The van der Waals surface area contributed by atoms with Crippen LogP contribution in [-0.4, -0.2) is 21.6 Å². The molecular weight excluding hydrogens is 280 g/mol. The van der Waals surface area contributed by atoms with E-state index in [1.807, 2.05) is 37.3 Å². The highest BCUT2D eigenvalue weighted by molar-refractivity contribution is 5.63. The van der Waals surface area contributed by atoms with E-state index in [9.17, 15) is 5.26 Å². The third-order valence-corrected chi connectivity index (χ3v) is 3.09. The lowest BCUT2D eigenvalue weighted by Crippen LogP contribution is -2.04. The van der Waals surface area contributed by atoms with E-state index >= 15 is 0 Å². The van der Waals surface area contributed by atoms with E-state index in [0.29, 0.717) is 23.8 Å². The molecule has 0 amide bonds. The number of benzene rings is 1. The van der Waals surface area contributed by atoms with E-state index in [1.165, 1.54) is 0 Å². The SMILES string of the molecule is CCCOc1ccccc1-n1nnc(C#N)c1-c1ccco1. The summed E-state index contributed by atoms with van der Waals surface area (Å²) in [6.45, 7) is 2.65. The summed E-state index contributed by atoms with van der Waals surface area (Å²) in [6.07, 6.45) is 2.45. The van der Waals surface area contributed by atoms with Crippen molar-refractivity contribution >= 4 is 0 Å². The summed E-state index contributed by atoms with van der Waals surface area (Å²) < 4.78 is 12.7. The van der Waals surface area contributed by atoms with Gasteiger partial charge in [0.2, 0.25) is 0 Å². The highest BCUT2D eigenvalue weighted by Crippen LogP contribution is 2.29. The quantitative estimate of drug-likeness (QED) is 0.722. The maximum absolute atomic E-state index is 9.25. The highest BCUT2D eigenvalue weighted by Gasteiger charge is 2.20. The van der Waals surface area contributed by atoms with Crippen LogP contribution < -0.4 is 4.74 Å². The zero-order valence-corrected chi connectivity index (χ0v) is 12.1. The molecule has 0 saturated carbocycles. The van der Waals surface area contributed by atoms with Gasteiger partial charge in [-0.1, -0.05) is 24.3 Å². The summed E-state index contributed by atoms with van der Waals surface area (Å²) in [5.41, 5.74) is 1.44. The summed E-state index contributed by atoms with van der Waals surface area (Å²) in [7, 11) is 0. The van der Waals surface area contributed by atoms with Crippen molar-refractivity contribution in [2.24, 2.45) is 0 Å². The van der Waals surface area contributed by atoms with Crippen LogP contribution in [0.15, 0.2) is 47.1 Å². The molecule has 0 fully saturated rings. The number of furan rings is 1. The Bertz CT molecular complexity index is 800. The largest absolute Gasteiger partial charge is 0.491 e. The topological polar surface area (TPSA) is 76.9 Å². The lowest BCUT2D eigenvalue weighted by Gasteiger charge is -2.11. The monoisotopic (exact) mass is 294 g/mol. The van der Waals surface area contributed by atoms with Crippen molar-refractivity contribution in [2.75, 3.05) is 6.61 Å². The lowest BCUT2D eigenvalue weighted by atomic mass is 10.2. The Morgan fingerprint density at radius 1 is 1.27 bits per heavy atom. The Morgan fingerprint density at radius 3 is 2.86 bits per heavy atom. The van der Waals surface area contributed by atoms with E-state index in [1.54, 1.807) is 23.1 Å². The molecule has 0 atom stereocenters. The van der Waals surface area contributed by atoms with Gasteiger partial charge in [-0.25, -0.2) is 4.68 Å². The molecule has 3 rings (SSSR count). The Labute approximate surface area is 127 Å². The van der Waals surface area contributed by atoms with Gasteiger partial charge < -0.3 is 9.15 Å². The first-order valence-corrected chi connectivity index (χ1v) is 6.97. The van der Waals surface area contributed by atoms with Gasteiger partial charge in [-0.05, 0) is 30.7 Å². The van der Waals surface area contributed by atoms with Gasteiger partial charge in [0.15, 0.2) is 11.5 Å². The van der Waals surface area contributed by atoms with Crippen LogP contribution in [0.3, 0.4) is 0 Å². The van der Waals surface area contributed by atoms with E-state index in [2.05, 4.69) is 10.3 Å². The smallest absolute Gasteiger partial charge is 0.194 e. The maximum atomic E-state index is 9.25. The van der Waals surface area contributed by atoms with Crippen LogP contribution in [0.4, 0.5) is 0 Å². The molecule has 0 aliphatic heterocycles. The van der Waals surface area contributed by atoms with Crippen LogP contribution in [0.1, 0.15) is 19.0 Å². The van der Waals surface area contributed by atoms with Crippen LogP contribution in [0, 0.1) is 11.3 Å². The molecular formula is C16H14N4O2. The number of aromatic nitrogens is 3. The standard InChI is InChI=1S/C16H14N4O2/c1-2-9-21-14-7-4-3-6-13(14)20-16(12(11-17)18-19-20)15-8-5-10-22-15/h3-8,10H,2,9H2,1H3. The molecule has 0 aliphatic rings. The van der Waals surface area contributed by atoms with Gasteiger partial charge in [-0.15, -0.1) is 5.10 Å². The summed E-state index contributed by atoms with van der Waals surface area (Å²) in [5.74, 6) is 1.22. The second-order valence-electron chi connectivity index (χ2n) is 4.60. The Hall–Kier alpha value is -3.07. The number of ether oxygens (including phenoxy) is 1. The predicted molar refractivity (Wildman–Crippen MR) is 79.6 cm³/mol. The minimum absolute atomic E-state index is 0.209. The molecule has 2 aromatic heterocycles. The first-order chi connectivity index (χ1) is 10.8. The number of hydrogen-bond acceptors (Lipinski definition) is 5. The van der Waals surface area contributed by atoms with Crippen molar-refractivity contribution in [1.82, 2.24) is 15.0 Å². The van der Waals surface area contributed by atoms with Crippen molar-refractivity contribution in [3.05, 3.63) is 48.4 Å². The fraction of sp³-hybridized carbons (Fsp3) is 0.188. The van der Waals surface area contributed by atoms with Crippen molar-refractivity contribution in [1.29, 1.82) is 5.26 Å². The van der Waals surface area contributed by atoms with Gasteiger partial charge in [0.05, 0.1) is 12.9 Å². The van der Waals surface area contributed by atoms with Gasteiger partial charge in [0, 0.05) is 0 Å². The highest BCUT2D eigenvalue weighted by atomic mass is 16.5. The normalized spacial score (nSPS) is 10.4. The molecule has 6 heteroatoms. The predicted octanol–water partition coefficient (Wildman–Crippen LogP) is 3.19. The average molecular weight is 294 g/mol. The number of nitriles is 1. The number of nitrogens with zero attached hydrogens (tertiary/aromatic N) is 4. The van der Waals surface area contributed by atoms with Crippen LogP contribution in [0.25, 0.3) is 17.1 Å². The van der Waals surface area contributed by atoms with E-state index in [4.69, 9.17) is 9.15 Å². The van der Waals surface area contributed by atoms with Crippen molar-refractivity contribution in [3.63, 3.8) is 0 Å². The van der Waals surface area contributed by atoms with Crippen LogP contribution in [0.2, 0.25) is 0 Å². The zero-order chi connectivity index (χ0) is 15.4. The molecule has 22 heavy (non-hydrogen) atoms. The Kier molecular flexibility index (Phi) is 3.88. The summed E-state index contributed by atoms with van der Waals surface area (Å²) in [4.78, 5) is 0. The van der Waals surface area contributed by atoms with Gasteiger partial charge in [-0.3, -0.25) is 0 Å². The summed E-state index contributed by atoms with van der Waals surface area (Å²) in [6, 6.07) is 13.1. The molecule has 0 saturated heterocycles. The molecule has 0 bridgehead atoms. The minimum Gasteiger partial charge on any atom is -0.491 e. The van der Waals surface area contributed by atoms with Gasteiger partial charge >= 0.3 is 0 Å². The molecule has 0 spiro atoms. The third-order valence-electron chi connectivity index (χ3n) is 3.09. The Morgan fingerprint density at radius 2 is 2.14 bits per heavy atom. The minimum atomic E-state index is 0.209. The first kappa shape index (κ1) is 13.9. The third kappa shape index (κ3) is 2.44. The molecule has 6 nitrogen and oxygen atoms in total. The fourth-order valence-corrected chi connectivity index (χ4v) is 2.13. The Balaban J connectivity index is 2.14. The molecule has 110 valence electrons. The molecule has 1 aromatic carbocycles. The van der Waals surface area contributed by atoms with Crippen molar-refractivity contribution < 1.29 is 9.15 Å². The van der Waals surface area contributed by atoms with Gasteiger partial charge in [0.1, 0.15) is 23.2 Å². The van der Waals surface area contributed by atoms with Crippen molar-refractivity contribution in [2.45, 2.75) is 13.3 Å². The van der Waals surface area contributed by atoms with Gasteiger partial charge in [-0.2, -0.15) is 5.26 Å². The van der Waals surface area contributed by atoms with E-state index in [-0.39, 0.29) is 5.69 Å². The lowest BCUT2D eigenvalue weighted by molar-refractivity contribution is 0.316. The summed E-state index contributed by atoms with van der Waals surface area (Å²) >= 11 is 0. The molecule has 0 radical (unpaired) electrons. The van der Waals surface area contributed by atoms with Gasteiger partial charge in [0.25, 0.3) is 0 Å². The summed E-state index contributed by atoms with van der Waals surface area (Å²) in [5, 5.41) is 17.3. The first-order valence-electron chi connectivity index (χ1n) is 6.97. The van der Waals surface area contributed by atoms with Crippen LogP contribution >= 0.6 is 0 Å². The molecule has 2 heterocycles. The number of para-hydroxylation sites is 2. The van der Waals surface area contributed by atoms with Crippen molar-refractivity contribution in [3.8, 4) is 29.0 Å².